The number of nitrogens with zero attached hydrogens (tertiary/aromatic N) is 3. The Labute approximate surface area is 242 Å². The van der Waals surface area contributed by atoms with E-state index in [-0.39, 0.29) is 12.5 Å². The molecule has 2 aliphatic rings. The van der Waals surface area contributed by atoms with Gasteiger partial charge in [0.2, 0.25) is 0 Å². The molecule has 11 heteroatoms. The van der Waals surface area contributed by atoms with Crippen LogP contribution in [0, 0.1) is 17.6 Å². The maximum Gasteiger partial charge on any atom is 0.258 e. The topological polar surface area (TPSA) is 88.3 Å². The van der Waals surface area contributed by atoms with E-state index in [0.29, 0.717) is 40.0 Å². The molecular weight excluding hydrogens is 543 g/mol. The maximum atomic E-state index is 13.7. The number of aromatic amines is 1. The van der Waals surface area contributed by atoms with Crippen molar-refractivity contribution < 1.29 is 18.0 Å². The van der Waals surface area contributed by atoms with Crippen LogP contribution in [-0.2, 0) is 6.42 Å². The Balaban J connectivity index is 1.17. The van der Waals surface area contributed by atoms with Gasteiger partial charge in [0, 0.05) is 75.2 Å². The molecule has 0 atom stereocenters. The van der Waals surface area contributed by atoms with E-state index in [2.05, 4.69) is 35.9 Å². The number of nitrogens with one attached hydrogen (secondary N) is 4. The number of rotatable bonds is 10. The third kappa shape index (κ3) is 6.37. The monoisotopic (exact) mass is 577 g/mol. The number of piperazine rings is 1. The van der Waals surface area contributed by atoms with Crippen LogP contribution in [0.3, 0.4) is 0 Å². The van der Waals surface area contributed by atoms with Gasteiger partial charge in [-0.15, -0.1) is 0 Å². The van der Waals surface area contributed by atoms with Crippen molar-refractivity contribution in [2.24, 2.45) is 5.92 Å². The minimum atomic E-state index is -0.630. The first-order valence-corrected chi connectivity index (χ1v) is 14.3. The van der Waals surface area contributed by atoms with Crippen molar-refractivity contribution in [1.29, 1.82) is 0 Å². The highest BCUT2D eigenvalue weighted by molar-refractivity contribution is 6.11. The molecule has 6 rings (SSSR count). The quantitative estimate of drug-likeness (QED) is 0.224. The van der Waals surface area contributed by atoms with Gasteiger partial charge in [0.25, 0.3) is 5.91 Å². The molecule has 1 aromatic heterocycles. The van der Waals surface area contributed by atoms with Gasteiger partial charge in [-0.1, -0.05) is 6.07 Å². The average molecular weight is 578 g/mol. The Morgan fingerprint density at radius 1 is 0.952 bits per heavy atom. The van der Waals surface area contributed by atoms with E-state index in [4.69, 9.17) is 0 Å². The fourth-order valence-electron chi connectivity index (χ4n) is 5.68. The van der Waals surface area contributed by atoms with Crippen LogP contribution in [0.4, 0.5) is 30.4 Å². The number of fused-ring (bicyclic) bond motifs is 1. The molecule has 42 heavy (non-hydrogen) atoms. The van der Waals surface area contributed by atoms with Crippen LogP contribution in [0.2, 0.25) is 0 Å². The average Bonchev–Trinajstić information content (AvgIpc) is 3.35. The molecule has 2 aliphatic heterocycles. The van der Waals surface area contributed by atoms with Crippen molar-refractivity contribution in [2.75, 3.05) is 74.6 Å². The number of benzene rings is 3. The third-order valence-electron chi connectivity index (χ3n) is 7.97. The van der Waals surface area contributed by atoms with Gasteiger partial charge in [-0.05, 0) is 65.9 Å². The van der Waals surface area contributed by atoms with Crippen LogP contribution in [0.15, 0.2) is 54.6 Å². The highest BCUT2D eigenvalue weighted by Gasteiger charge is 2.24. The highest BCUT2D eigenvalue weighted by Crippen LogP contribution is 2.28. The van der Waals surface area contributed by atoms with Crippen LogP contribution in [0.25, 0.3) is 10.9 Å². The number of carbonyl (C=O) groups is 1. The normalized spacial score (nSPS) is 16.0. The number of anilines is 3. The fourth-order valence-corrected chi connectivity index (χ4v) is 5.68. The smallest absolute Gasteiger partial charge is 0.258 e. The minimum Gasteiger partial charge on any atom is -0.382 e. The van der Waals surface area contributed by atoms with Gasteiger partial charge in [0.1, 0.15) is 18.3 Å². The second-order valence-corrected chi connectivity index (χ2v) is 11.0. The number of alkyl halides is 1. The SMILES string of the molecule is O=C(Nc1n[nH]c2ccc(Cc3cc(F)cc(F)c3)cc12)c1ccc(N2CCN(CC3CNC3)CC2)cc1NCCF. The Bertz CT molecular complexity index is 1540. The molecule has 4 aromatic rings. The van der Waals surface area contributed by atoms with E-state index in [1.54, 1.807) is 6.07 Å². The second kappa shape index (κ2) is 12.4. The molecule has 0 unspecified atom stereocenters. The summed E-state index contributed by atoms with van der Waals surface area (Å²) in [5.74, 6) is -0.570. The summed E-state index contributed by atoms with van der Waals surface area (Å²) in [6.07, 6.45) is 0.313. The van der Waals surface area contributed by atoms with E-state index < -0.39 is 18.3 Å². The predicted molar refractivity (Wildman–Crippen MR) is 159 cm³/mol. The van der Waals surface area contributed by atoms with Crippen molar-refractivity contribution in [2.45, 2.75) is 6.42 Å². The van der Waals surface area contributed by atoms with E-state index in [1.165, 1.54) is 12.1 Å². The molecule has 0 spiro atoms. The number of hydrogen-bond donors (Lipinski definition) is 4. The predicted octanol–water partition coefficient (Wildman–Crippen LogP) is 4.41. The van der Waals surface area contributed by atoms with E-state index in [9.17, 15) is 18.0 Å². The van der Waals surface area contributed by atoms with E-state index >= 15 is 0 Å². The number of hydrogen-bond acceptors (Lipinski definition) is 6. The lowest BCUT2D eigenvalue weighted by Gasteiger charge is -2.39. The lowest BCUT2D eigenvalue weighted by atomic mass is 10.0. The van der Waals surface area contributed by atoms with Gasteiger partial charge in [-0.3, -0.25) is 14.8 Å². The number of aromatic nitrogens is 2. The maximum absolute atomic E-state index is 13.7. The first-order valence-electron chi connectivity index (χ1n) is 14.3. The minimum absolute atomic E-state index is 0.0856. The van der Waals surface area contributed by atoms with Crippen molar-refractivity contribution in [3.8, 4) is 0 Å². The summed E-state index contributed by atoms with van der Waals surface area (Å²) < 4.78 is 40.5. The highest BCUT2D eigenvalue weighted by atomic mass is 19.1. The number of H-pyrrole nitrogens is 1. The molecule has 3 aromatic carbocycles. The second-order valence-electron chi connectivity index (χ2n) is 11.0. The van der Waals surface area contributed by atoms with Gasteiger partial charge in [-0.2, -0.15) is 5.10 Å². The van der Waals surface area contributed by atoms with Gasteiger partial charge in [0.15, 0.2) is 5.82 Å². The van der Waals surface area contributed by atoms with Crippen LogP contribution in [-0.4, -0.2) is 80.0 Å². The van der Waals surface area contributed by atoms with Gasteiger partial charge >= 0.3 is 0 Å². The van der Waals surface area contributed by atoms with Crippen LogP contribution < -0.4 is 20.9 Å². The summed E-state index contributed by atoms with van der Waals surface area (Å²) >= 11 is 0. The Kier molecular flexibility index (Phi) is 8.29. The largest absolute Gasteiger partial charge is 0.382 e. The molecular formula is C31H34F3N7O. The Morgan fingerprint density at radius 3 is 2.45 bits per heavy atom. The zero-order chi connectivity index (χ0) is 29.1. The lowest BCUT2D eigenvalue weighted by molar-refractivity contribution is 0.102. The fraction of sp³-hybridized carbons (Fsp3) is 0.355. The first kappa shape index (κ1) is 28.0. The summed E-state index contributed by atoms with van der Waals surface area (Å²) in [7, 11) is 0. The summed E-state index contributed by atoms with van der Waals surface area (Å²) in [5, 5.41) is 17.1. The molecule has 220 valence electrons. The molecule has 0 radical (unpaired) electrons. The summed E-state index contributed by atoms with van der Waals surface area (Å²) in [6.45, 7) is 6.57. The molecule has 0 saturated carbocycles. The third-order valence-corrected chi connectivity index (χ3v) is 7.97. The van der Waals surface area contributed by atoms with Crippen LogP contribution in [0.1, 0.15) is 21.5 Å². The Hall–Kier alpha value is -4.09. The molecule has 3 heterocycles. The first-order chi connectivity index (χ1) is 20.4. The van der Waals surface area contributed by atoms with Gasteiger partial charge in [-0.25, -0.2) is 13.2 Å². The van der Waals surface area contributed by atoms with Crippen molar-refractivity contribution >= 4 is 34.0 Å². The standard InChI is InChI=1S/C31H34F3N7O/c32-5-6-36-29-16-25(41-9-7-40(8-10-41)19-22-17-35-18-22)2-3-26(29)31(42)37-30-27-14-20(1-4-28(27)38-39-30)11-21-12-23(33)15-24(34)13-21/h1-4,12-16,22,35-36H,5-11,17-19H2,(H2,37,38,39,42). The van der Waals surface area contributed by atoms with Gasteiger partial charge < -0.3 is 20.9 Å². The molecule has 1 amide bonds. The number of halogens is 3. The molecule has 2 fully saturated rings. The van der Waals surface area contributed by atoms with Gasteiger partial charge in [0.05, 0.1) is 11.1 Å². The van der Waals surface area contributed by atoms with E-state index in [0.717, 1.165) is 69.0 Å². The number of amides is 1. The van der Waals surface area contributed by atoms with Crippen LogP contribution in [0.5, 0.6) is 0 Å². The summed E-state index contributed by atoms with van der Waals surface area (Å²) in [4.78, 5) is 18.2. The van der Waals surface area contributed by atoms with Crippen molar-refractivity contribution in [3.63, 3.8) is 0 Å². The molecule has 0 bridgehead atoms. The molecule has 0 aliphatic carbocycles. The lowest BCUT2D eigenvalue weighted by Crippen LogP contribution is -2.53. The number of carbonyl (C=O) groups excluding carboxylic acids is 1. The summed E-state index contributed by atoms with van der Waals surface area (Å²) in [5.41, 5.74) is 3.94. The van der Waals surface area contributed by atoms with Crippen molar-refractivity contribution in [3.05, 3.63) is 82.9 Å². The van der Waals surface area contributed by atoms with Crippen LogP contribution >= 0.6 is 0 Å². The molecule has 8 nitrogen and oxygen atoms in total. The Morgan fingerprint density at radius 2 is 1.74 bits per heavy atom. The zero-order valence-electron chi connectivity index (χ0n) is 23.2. The molecule has 4 N–H and O–H groups in total. The van der Waals surface area contributed by atoms with E-state index in [1.807, 2.05) is 30.3 Å². The zero-order valence-corrected chi connectivity index (χ0v) is 23.2. The molecule has 2 saturated heterocycles. The summed E-state index contributed by atoms with van der Waals surface area (Å²) in [6, 6.07) is 14.5. The van der Waals surface area contributed by atoms with Crippen molar-refractivity contribution in [1.82, 2.24) is 20.4 Å².